The van der Waals surface area contributed by atoms with E-state index in [9.17, 15) is 14.4 Å². The summed E-state index contributed by atoms with van der Waals surface area (Å²) >= 11 is 0. The molecule has 1 saturated heterocycles. The number of carbonyl (C=O) groups excluding carboxylic acids is 3. The molecule has 152 valence electrons. The number of nitrogens with zero attached hydrogens (tertiary/aromatic N) is 2. The fourth-order valence-electron chi connectivity index (χ4n) is 5.20. The predicted molar refractivity (Wildman–Crippen MR) is 110 cm³/mol. The molecule has 0 unspecified atom stereocenters. The van der Waals surface area contributed by atoms with E-state index in [0.29, 0.717) is 24.4 Å². The Morgan fingerprint density at radius 1 is 1.24 bits per heavy atom. The second-order valence-electron chi connectivity index (χ2n) is 9.18. The van der Waals surface area contributed by atoms with Gasteiger partial charge in [-0.05, 0) is 54.9 Å². The lowest BCUT2D eigenvalue weighted by molar-refractivity contribution is -0.136. The van der Waals surface area contributed by atoms with Crippen molar-refractivity contribution >= 4 is 34.4 Å². The number of anilines is 1. The first kappa shape index (κ1) is 19.4. The molecule has 2 heterocycles. The van der Waals surface area contributed by atoms with E-state index in [2.05, 4.69) is 36.4 Å². The smallest absolute Gasteiger partial charge is 0.324 e. The zero-order valence-corrected chi connectivity index (χ0v) is 17.0. The fourth-order valence-corrected chi connectivity index (χ4v) is 5.20. The molecule has 29 heavy (non-hydrogen) atoms. The molecule has 1 aromatic carbocycles. The monoisotopic (exact) mass is 394 g/mol. The molecule has 1 aliphatic carbocycles. The molecule has 1 aromatic heterocycles. The van der Waals surface area contributed by atoms with Crippen LogP contribution in [0.3, 0.4) is 0 Å². The number of nitrogens with one attached hydrogen (secondary N) is 2. The zero-order chi connectivity index (χ0) is 20.8. The molecule has 2 aromatic rings. The van der Waals surface area contributed by atoms with Crippen LogP contribution in [0.5, 0.6) is 0 Å². The van der Waals surface area contributed by atoms with E-state index in [1.165, 1.54) is 0 Å². The maximum Gasteiger partial charge on any atom is 0.325 e. The molecule has 7 nitrogen and oxygen atoms in total. The van der Waals surface area contributed by atoms with Gasteiger partial charge in [-0.2, -0.15) is 0 Å². The van der Waals surface area contributed by atoms with Crippen molar-refractivity contribution in [3.63, 3.8) is 0 Å². The highest BCUT2D eigenvalue weighted by atomic mass is 16.2. The largest absolute Gasteiger partial charge is 0.325 e. The summed E-state index contributed by atoms with van der Waals surface area (Å²) in [5.74, 6) is -0.387. The number of imide groups is 1. The molecule has 4 rings (SSSR count). The summed E-state index contributed by atoms with van der Waals surface area (Å²) in [6.07, 6.45) is 3.89. The van der Waals surface area contributed by atoms with Gasteiger partial charge >= 0.3 is 6.03 Å². The van der Waals surface area contributed by atoms with Crippen molar-refractivity contribution in [1.29, 1.82) is 0 Å². The number of amides is 4. The van der Waals surface area contributed by atoms with Crippen LogP contribution in [0.1, 0.15) is 40.0 Å². The van der Waals surface area contributed by atoms with Crippen molar-refractivity contribution in [2.24, 2.45) is 11.3 Å². The summed E-state index contributed by atoms with van der Waals surface area (Å²) in [6.45, 7) is 6.03. The third-order valence-corrected chi connectivity index (χ3v) is 5.85. The Labute approximate surface area is 169 Å². The minimum absolute atomic E-state index is 0.0468. The molecule has 0 bridgehead atoms. The molecule has 1 aliphatic heterocycles. The van der Waals surface area contributed by atoms with E-state index < -0.39 is 17.5 Å². The predicted octanol–water partition coefficient (Wildman–Crippen LogP) is 3.31. The number of pyridine rings is 1. The molecule has 4 amide bonds. The molecule has 7 heteroatoms. The van der Waals surface area contributed by atoms with E-state index in [-0.39, 0.29) is 17.9 Å². The van der Waals surface area contributed by atoms with Gasteiger partial charge in [-0.25, -0.2) is 4.79 Å². The van der Waals surface area contributed by atoms with Crippen LogP contribution < -0.4 is 10.6 Å². The number of hydrogen-bond donors (Lipinski definition) is 2. The first-order valence-corrected chi connectivity index (χ1v) is 9.97. The van der Waals surface area contributed by atoms with Gasteiger partial charge in [-0.3, -0.25) is 19.5 Å². The molecular weight excluding hydrogens is 368 g/mol. The standard InChI is InChI=1S/C22H26N4O3/c1-14-10-21(2,3)13-22(11-14)19(28)26(20(29)25-22)12-18(27)24-17-8-4-7-16-15(17)6-5-9-23-16/h4-9,14H,10-13H2,1-3H3,(H,24,27)(H,25,29)/t14-,22+/m0/s1. The third-order valence-electron chi connectivity index (χ3n) is 5.85. The first-order valence-electron chi connectivity index (χ1n) is 9.97. The number of fused-ring (bicyclic) bond motifs is 1. The van der Waals surface area contributed by atoms with Crippen LogP contribution in [-0.4, -0.2) is 39.8 Å². The lowest BCUT2D eigenvalue weighted by Gasteiger charge is -2.43. The maximum atomic E-state index is 13.2. The Balaban J connectivity index is 1.51. The minimum atomic E-state index is -0.901. The van der Waals surface area contributed by atoms with Gasteiger partial charge in [0.25, 0.3) is 5.91 Å². The second kappa shape index (κ2) is 6.83. The molecule has 1 saturated carbocycles. The average molecular weight is 394 g/mol. The maximum absolute atomic E-state index is 13.2. The Kier molecular flexibility index (Phi) is 4.56. The van der Waals surface area contributed by atoms with Crippen molar-refractivity contribution in [3.8, 4) is 0 Å². The number of hydrogen-bond acceptors (Lipinski definition) is 4. The number of rotatable bonds is 3. The van der Waals surface area contributed by atoms with Crippen molar-refractivity contribution < 1.29 is 14.4 Å². The Morgan fingerprint density at radius 3 is 2.79 bits per heavy atom. The summed E-state index contributed by atoms with van der Waals surface area (Å²) < 4.78 is 0. The highest BCUT2D eigenvalue weighted by Gasteiger charge is 2.56. The van der Waals surface area contributed by atoms with Crippen molar-refractivity contribution in [2.75, 3.05) is 11.9 Å². The van der Waals surface area contributed by atoms with Crippen LogP contribution >= 0.6 is 0 Å². The van der Waals surface area contributed by atoms with Gasteiger partial charge in [0, 0.05) is 11.6 Å². The summed E-state index contributed by atoms with van der Waals surface area (Å²) in [5.41, 5.74) is 0.420. The lowest BCUT2D eigenvalue weighted by atomic mass is 9.64. The molecule has 0 radical (unpaired) electrons. The van der Waals surface area contributed by atoms with Gasteiger partial charge in [0.1, 0.15) is 12.1 Å². The van der Waals surface area contributed by atoms with Crippen LogP contribution in [0, 0.1) is 11.3 Å². The summed E-state index contributed by atoms with van der Waals surface area (Å²) in [6, 6.07) is 8.62. The Morgan fingerprint density at radius 2 is 2.03 bits per heavy atom. The average Bonchev–Trinajstić information content (AvgIpc) is 2.83. The zero-order valence-electron chi connectivity index (χ0n) is 17.0. The van der Waals surface area contributed by atoms with Gasteiger partial charge < -0.3 is 10.6 Å². The highest BCUT2D eigenvalue weighted by molar-refractivity contribution is 6.11. The molecule has 2 N–H and O–H groups in total. The topological polar surface area (TPSA) is 91.4 Å². The Hall–Kier alpha value is -2.96. The molecular formula is C22H26N4O3. The van der Waals surface area contributed by atoms with Crippen molar-refractivity contribution in [2.45, 2.75) is 45.6 Å². The van der Waals surface area contributed by atoms with Crippen LogP contribution in [0.15, 0.2) is 36.5 Å². The van der Waals surface area contributed by atoms with Gasteiger partial charge in [0.2, 0.25) is 5.91 Å². The van der Waals surface area contributed by atoms with Gasteiger partial charge in [0.15, 0.2) is 0 Å². The van der Waals surface area contributed by atoms with Crippen LogP contribution in [0.4, 0.5) is 10.5 Å². The van der Waals surface area contributed by atoms with Gasteiger partial charge in [-0.1, -0.05) is 26.8 Å². The minimum Gasteiger partial charge on any atom is -0.324 e. The lowest BCUT2D eigenvalue weighted by Crippen LogP contribution is -2.54. The summed E-state index contributed by atoms with van der Waals surface area (Å²) in [4.78, 5) is 43.7. The SMILES string of the molecule is C[C@H]1CC(C)(C)C[C@@]2(C1)NC(=O)N(CC(=O)Nc1cccc3ncccc13)C2=O. The molecule has 1 spiro atoms. The third kappa shape index (κ3) is 3.57. The fraction of sp³-hybridized carbons (Fsp3) is 0.455. The van der Waals surface area contributed by atoms with E-state index in [1.807, 2.05) is 12.1 Å². The number of carbonyl (C=O) groups is 3. The van der Waals surface area contributed by atoms with Crippen LogP contribution in [-0.2, 0) is 9.59 Å². The molecule has 2 aliphatic rings. The van der Waals surface area contributed by atoms with E-state index in [0.717, 1.165) is 22.2 Å². The van der Waals surface area contributed by atoms with E-state index >= 15 is 0 Å². The van der Waals surface area contributed by atoms with Crippen molar-refractivity contribution in [1.82, 2.24) is 15.2 Å². The van der Waals surface area contributed by atoms with Crippen molar-refractivity contribution in [3.05, 3.63) is 36.5 Å². The quantitative estimate of drug-likeness (QED) is 0.782. The number of urea groups is 1. The molecule has 2 fully saturated rings. The highest BCUT2D eigenvalue weighted by Crippen LogP contribution is 2.46. The van der Waals surface area contributed by atoms with Gasteiger partial charge in [0.05, 0.1) is 11.2 Å². The first-order chi connectivity index (χ1) is 13.7. The summed E-state index contributed by atoms with van der Waals surface area (Å²) in [7, 11) is 0. The van der Waals surface area contributed by atoms with Crippen LogP contribution in [0.2, 0.25) is 0 Å². The normalized spacial score (nSPS) is 26.0. The van der Waals surface area contributed by atoms with Gasteiger partial charge in [-0.15, -0.1) is 0 Å². The van der Waals surface area contributed by atoms with Crippen LogP contribution in [0.25, 0.3) is 10.9 Å². The number of aromatic nitrogens is 1. The Bertz CT molecular complexity index is 997. The summed E-state index contributed by atoms with van der Waals surface area (Å²) in [5, 5.41) is 6.52. The van der Waals surface area contributed by atoms with E-state index in [1.54, 1.807) is 24.4 Å². The molecule has 2 atom stereocenters. The second-order valence-corrected chi connectivity index (χ2v) is 9.18. The number of benzene rings is 1. The van der Waals surface area contributed by atoms with E-state index in [4.69, 9.17) is 0 Å².